The van der Waals surface area contributed by atoms with Crippen LogP contribution in [0.25, 0.3) is 0 Å². The summed E-state index contributed by atoms with van der Waals surface area (Å²) in [5.74, 6) is 0.871. The SMILES string of the molecule is Cc1ccc(N)c(NC2CCCCCCC2)n1. The van der Waals surface area contributed by atoms with E-state index in [0.29, 0.717) is 6.04 Å². The van der Waals surface area contributed by atoms with Crippen molar-refractivity contribution in [2.24, 2.45) is 0 Å². The van der Waals surface area contributed by atoms with Gasteiger partial charge in [0.1, 0.15) is 5.82 Å². The van der Waals surface area contributed by atoms with Crippen molar-refractivity contribution in [2.45, 2.75) is 57.9 Å². The molecule has 1 aromatic rings. The third-order valence-electron chi connectivity index (χ3n) is 3.51. The van der Waals surface area contributed by atoms with Gasteiger partial charge in [0.15, 0.2) is 0 Å². The Morgan fingerprint density at radius 1 is 1.12 bits per heavy atom. The first-order chi connectivity index (χ1) is 8.25. The number of anilines is 2. The molecule has 0 bridgehead atoms. The van der Waals surface area contributed by atoms with E-state index in [1.54, 1.807) is 0 Å². The van der Waals surface area contributed by atoms with Gasteiger partial charge in [0.25, 0.3) is 0 Å². The van der Waals surface area contributed by atoms with Crippen LogP contribution in [0.1, 0.15) is 50.6 Å². The van der Waals surface area contributed by atoms with Gasteiger partial charge in [0, 0.05) is 11.7 Å². The average Bonchev–Trinajstić information content (AvgIpc) is 2.27. The van der Waals surface area contributed by atoms with Crippen LogP contribution in [0, 0.1) is 6.92 Å². The minimum atomic E-state index is 0.548. The molecule has 1 fully saturated rings. The van der Waals surface area contributed by atoms with E-state index in [9.17, 15) is 0 Å². The van der Waals surface area contributed by atoms with Gasteiger partial charge >= 0.3 is 0 Å². The van der Waals surface area contributed by atoms with Crippen molar-refractivity contribution in [3.8, 4) is 0 Å². The minimum absolute atomic E-state index is 0.548. The molecule has 1 aliphatic carbocycles. The highest BCUT2D eigenvalue weighted by Crippen LogP contribution is 2.22. The molecule has 94 valence electrons. The summed E-state index contributed by atoms with van der Waals surface area (Å²) in [6.07, 6.45) is 9.28. The van der Waals surface area contributed by atoms with Crippen molar-refractivity contribution < 1.29 is 0 Å². The molecule has 0 unspecified atom stereocenters. The smallest absolute Gasteiger partial charge is 0.149 e. The van der Waals surface area contributed by atoms with Crippen LogP contribution in [0.5, 0.6) is 0 Å². The van der Waals surface area contributed by atoms with E-state index in [2.05, 4.69) is 10.3 Å². The van der Waals surface area contributed by atoms with E-state index in [1.807, 2.05) is 19.1 Å². The summed E-state index contributed by atoms with van der Waals surface area (Å²) in [6, 6.07) is 4.44. The monoisotopic (exact) mass is 233 g/mol. The molecular formula is C14H23N3. The molecule has 0 amide bonds. The second kappa shape index (κ2) is 5.89. The van der Waals surface area contributed by atoms with Crippen LogP contribution in [0.3, 0.4) is 0 Å². The molecule has 17 heavy (non-hydrogen) atoms. The summed E-state index contributed by atoms with van der Waals surface area (Å²) in [6.45, 7) is 2.00. The third kappa shape index (κ3) is 3.62. The molecule has 1 heterocycles. The predicted molar refractivity (Wildman–Crippen MR) is 73.1 cm³/mol. The molecule has 0 aliphatic heterocycles. The van der Waals surface area contributed by atoms with Crippen LogP contribution < -0.4 is 11.1 Å². The first kappa shape index (κ1) is 12.2. The van der Waals surface area contributed by atoms with E-state index in [-0.39, 0.29) is 0 Å². The summed E-state index contributed by atoms with van der Waals surface area (Å²) in [4.78, 5) is 4.48. The number of nitrogens with zero attached hydrogens (tertiary/aromatic N) is 1. The Morgan fingerprint density at radius 3 is 2.47 bits per heavy atom. The van der Waals surface area contributed by atoms with E-state index >= 15 is 0 Å². The Kier molecular flexibility index (Phi) is 4.24. The van der Waals surface area contributed by atoms with Gasteiger partial charge in [0.2, 0.25) is 0 Å². The predicted octanol–water partition coefficient (Wildman–Crippen LogP) is 3.50. The van der Waals surface area contributed by atoms with Gasteiger partial charge in [-0.05, 0) is 31.9 Å². The molecule has 1 saturated carbocycles. The first-order valence-electron chi connectivity index (χ1n) is 6.75. The van der Waals surface area contributed by atoms with Gasteiger partial charge in [0.05, 0.1) is 5.69 Å². The van der Waals surface area contributed by atoms with E-state index in [0.717, 1.165) is 17.2 Å². The molecule has 1 aliphatic rings. The van der Waals surface area contributed by atoms with E-state index < -0.39 is 0 Å². The number of nitrogens with one attached hydrogen (secondary N) is 1. The second-order valence-corrected chi connectivity index (χ2v) is 5.08. The molecule has 1 aromatic heterocycles. The Hall–Kier alpha value is -1.25. The van der Waals surface area contributed by atoms with Gasteiger partial charge in [-0.15, -0.1) is 0 Å². The topological polar surface area (TPSA) is 50.9 Å². The molecule has 0 atom stereocenters. The third-order valence-corrected chi connectivity index (χ3v) is 3.51. The number of aromatic nitrogens is 1. The Bertz CT molecular complexity index is 354. The van der Waals surface area contributed by atoms with Crippen LogP contribution in [-0.2, 0) is 0 Å². The lowest BCUT2D eigenvalue weighted by molar-refractivity contribution is 0.471. The number of pyridine rings is 1. The highest BCUT2D eigenvalue weighted by atomic mass is 15.0. The number of nitrogens with two attached hydrogens (primary N) is 1. The fraction of sp³-hybridized carbons (Fsp3) is 0.643. The molecule has 0 aromatic carbocycles. The van der Waals surface area contributed by atoms with Gasteiger partial charge in [-0.2, -0.15) is 0 Å². The van der Waals surface area contributed by atoms with Crippen molar-refractivity contribution in [1.82, 2.24) is 4.98 Å². The molecule has 3 heteroatoms. The second-order valence-electron chi connectivity index (χ2n) is 5.08. The Balaban J connectivity index is 2.00. The summed E-state index contributed by atoms with van der Waals surface area (Å²) < 4.78 is 0. The number of rotatable bonds is 2. The maximum absolute atomic E-state index is 5.95. The Labute approximate surface area is 104 Å². The summed E-state index contributed by atoms with van der Waals surface area (Å²) in [5.41, 5.74) is 7.73. The average molecular weight is 233 g/mol. The van der Waals surface area contributed by atoms with Crippen LogP contribution >= 0.6 is 0 Å². The normalized spacial score (nSPS) is 18.4. The zero-order chi connectivity index (χ0) is 12.1. The lowest BCUT2D eigenvalue weighted by Gasteiger charge is -2.22. The highest BCUT2D eigenvalue weighted by molar-refractivity contribution is 5.61. The quantitative estimate of drug-likeness (QED) is 0.822. The molecule has 3 nitrogen and oxygen atoms in total. The van der Waals surface area contributed by atoms with Gasteiger partial charge < -0.3 is 11.1 Å². The van der Waals surface area contributed by atoms with Crippen LogP contribution in [0.4, 0.5) is 11.5 Å². The maximum atomic E-state index is 5.95. The fourth-order valence-corrected chi connectivity index (χ4v) is 2.48. The molecule has 0 radical (unpaired) electrons. The fourth-order valence-electron chi connectivity index (χ4n) is 2.48. The summed E-state index contributed by atoms with van der Waals surface area (Å²) in [5, 5.41) is 3.52. The van der Waals surface area contributed by atoms with Crippen molar-refractivity contribution in [2.75, 3.05) is 11.1 Å². The minimum Gasteiger partial charge on any atom is -0.396 e. The summed E-state index contributed by atoms with van der Waals surface area (Å²) in [7, 11) is 0. The van der Waals surface area contributed by atoms with Crippen molar-refractivity contribution >= 4 is 11.5 Å². The molecule has 3 N–H and O–H groups in total. The van der Waals surface area contributed by atoms with Gasteiger partial charge in [-0.1, -0.05) is 32.1 Å². The van der Waals surface area contributed by atoms with Gasteiger partial charge in [-0.25, -0.2) is 4.98 Å². The number of hydrogen-bond donors (Lipinski definition) is 2. The number of aryl methyl sites for hydroxylation is 1. The molecule has 2 rings (SSSR count). The standard InChI is InChI=1S/C14H23N3/c1-11-9-10-13(15)14(16-11)17-12-7-5-3-2-4-6-8-12/h9-10,12H,2-8,15H2,1H3,(H,16,17). The zero-order valence-electron chi connectivity index (χ0n) is 10.7. The Morgan fingerprint density at radius 2 is 1.76 bits per heavy atom. The zero-order valence-corrected chi connectivity index (χ0v) is 10.7. The number of nitrogen functional groups attached to an aromatic ring is 1. The lowest BCUT2D eigenvalue weighted by Crippen LogP contribution is -2.22. The van der Waals surface area contributed by atoms with Crippen molar-refractivity contribution in [3.05, 3.63) is 17.8 Å². The molecule has 0 saturated heterocycles. The van der Waals surface area contributed by atoms with Crippen molar-refractivity contribution in [1.29, 1.82) is 0 Å². The van der Waals surface area contributed by atoms with Crippen LogP contribution in [-0.4, -0.2) is 11.0 Å². The number of hydrogen-bond acceptors (Lipinski definition) is 3. The van der Waals surface area contributed by atoms with E-state index in [1.165, 1.54) is 44.9 Å². The maximum Gasteiger partial charge on any atom is 0.149 e. The lowest BCUT2D eigenvalue weighted by atomic mass is 9.97. The van der Waals surface area contributed by atoms with Crippen LogP contribution in [0.15, 0.2) is 12.1 Å². The van der Waals surface area contributed by atoms with Gasteiger partial charge in [-0.3, -0.25) is 0 Å². The van der Waals surface area contributed by atoms with Crippen molar-refractivity contribution in [3.63, 3.8) is 0 Å². The molecule has 0 spiro atoms. The molecular weight excluding hydrogens is 210 g/mol. The summed E-state index contributed by atoms with van der Waals surface area (Å²) >= 11 is 0. The van der Waals surface area contributed by atoms with E-state index in [4.69, 9.17) is 5.73 Å². The largest absolute Gasteiger partial charge is 0.396 e. The van der Waals surface area contributed by atoms with Crippen LogP contribution in [0.2, 0.25) is 0 Å². The first-order valence-corrected chi connectivity index (χ1v) is 6.75. The highest BCUT2D eigenvalue weighted by Gasteiger charge is 2.12.